The Morgan fingerprint density at radius 3 is 2.66 bits per heavy atom. The van der Waals surface area contributed by atoms with Gasteiger partial charge in [0.05, 0.1) is 4.92 Å². The fourth-order valence-electron chi connectivity index (χ4n) is 2.73. The van der Waals surface area contributed by atoms with Crippen molar-refractivity contribution in [3.05, 3.63) is 87.7 Å². The van der Waals surface area contributed by atoms with Crippen LogP contribution in [0.1, 0.15) is 22.5 Å². The lowest BCUT2D eigenvalue weighted by Crippen LogP contribution is -2.08. The Hall–Kier alpha value is -3.13. The van der Waals surface area contributed by atoms with Crippen LogP contribution in [0.2, 0.25) is 0 Å². The van der Waals surface area contributed by atoms with Crippen molar-refractivity contribution in [1.29, 1.82) is 0 Å². The predicted molar refractivity (Wildman–Crippen MR) is 113 cm³/mol. The van der Waals surface area contributed by atoms with E-state index in [4.69, 9.17) is 4.74 Å². The van der Waals surface area contributed by atoms with Crippen molar-refractivity contribution in [2.45, 2.75) is 37.9 Å². The van der Waals surface area contributed by atoms with Crippen LogP contribution >= 0.6 is 11.8 Å². The van der Waals surface area contributed by atoms with Gasteiger partial charge in [-0.15, -0.1) is 16.8 Å². The molecule has 1 aromatic heterocycles. The second-order valence-corrected chi connectivity index (χ2v) is 7.44. The minimum absolute atomic E-state index is 0.0828. The fraction of sp³-hybridized carbons (Fsp3) is 0.238. The van der Waals surface area contributed by atoms with Gasteiger partial charge in [0.15, 0.2) is 11.0 Å². The van der Waals surface area contributed by atoms with Gasteiger partial charge in [0.25, 0.3) is 5.69 Å². The molecule has 150 valence electrons. The molecule has 0 saturated carbocycles. The van der Waals surface area contributed by atoms with Crippen LogP contribution in [0.4, 0.5) is 5.69 Å². The lowest BCUT2D eigenvalue weighted by molar-refractivity contribution is -0.384. The van der Waals surface area contributed by atoms with Crippen molar-refractivity contribution < 1.29 is 9.66 Å². The number of aryl methyl sites for hydroxylation is 1. The highest BCUT2D eigenvalue weighted by Gasteiger charge is 2.14. The average Bonchev–Trinajstić information content (AvgIpc) is 3.10. The Morgan fingerprint density at radius 2 is 1.97 bits per heavy atom. The number of nitro groups is 1. The van der Waals surface area contributed by atoms with Crippen LogP contribution in [-0.2, 0) is 18.9 Å². The standard InChI is InChI=1S/C21H22N4O3S/c1-4-12-24-20(13-28-19-7-5-6-15(2)16(19)3)22-23-21(24)29-14-17-8-10-18(11-9-17)25(26)27/h4-11H,1,12-14H2,2-3H3. The van der Waals surface area contributed by atoms with Crippen LogP contribution in [0, 0.1) is 24.0 Å². The third-order valence-electron chi connectivity index (χ3n) is 4.53. The van der Waals surface area contributed by atoms with Crippen LogP contribution in [0.3, 0.4) is 0 Å². The SMILES string of the molecule is C=CCn1c(COc2cccc(C)c2C)nnc1SCc1ccc([N+](=O)[O-])cc1. The summed E-state index contributed by atoms with van der Waals surface area (Å²) in [6.45, 7) is 8.78. The maximum absolute atomic E-state index is 10.8. The highest BCUT2D eigenvalue weighted by molar-refractivity contribution is 7.98. The second-order valence-electron chi connectivity index (χ2n) is 6.50. The molecule has 0 aliphatic heterocycles. The summed E-state index contributed by atoms with van der Waals surface area (Å²) in [5.41, 5.74) is 3.34. The molecular weight excluding hydrogens is 388 g/mol. The van der Waals surface area contributed by atoms with E-state index in [9.17, 15) is 10.1 Å². The van der Waals surface area contributed by atoms with Crippen molar-refractivity contribution in [3.63, 3.8) is 0 Å². The van der Waals surface area contributed by atoms with E-state index < -0.39 is 4.92 Å². The first kappa shape index (κ1) is 20.6. The van der Waals surface area contributed by atoms with E-state index in [0.717, 1.165) is 27.9 Å². The molecule has 2 aromatic carbocycles. The van der Waals surface area contributed by atoms with Gasteiger partial charge in [0.2, 0.25) is 0 Å². The van der Waals surface area contributed by atoms with Crippen molar-refractivity contribution in [1.82, 2.24) is 14.8 Å². The van der Waals surface area contributed by atoms with E-state index in [1.54, 1.807) is 18.2 Å². The molecule has 0 bridgehead atoms. The fourth-order valence-corrected chi connectivity index (χ4v) is 3.65. The minimum atomic E-state index is -0.403. The van der Waals surface area contributed by atoms with Crippen LogP contribution in [0.5, 0.6) is 5.75 Å². The molecule has 0 saturated heterocycles. The van der Waals surface area contributed by atoms with Gasteiger partial charge in [-0.1, -0.05) is 42.1 Å². The normalized spacial score (nSPS) is 10.7. The molecule has 0 atom stereocenters. The lowest BCUT2D eigenvalue weighted by Gasteiger charge is -2.12. The Morgan fingerprint density at radius 1 is 1.21 bits per heavy atom. The van der Waals surface area contributed by atoms with Gasteiger partial charge in [0, 0.05) is 24.4 Å². The molecular formula is C21H22N4O3S. The zero-order valence-corrected chi connectivity index (χ0v) is 17.2. The highest BCUT2D eigenvalue weighted by atomic mass is 32.2. The largest absolute Gasteiger partial charge is 0.485 e. The van der Waals surface area contributed by atoms with E-state index in [-0.39, 0.29) is 5.69 Å². The monoisotopic (exact) mass is 410 g/mol. The smallest absolute Gasteiger partial charge is 0.269 e. The van der Waals surface area contributed by atoms with Gasteiger partial charge in [0.1, 0.15) is 12.4 Å². The Labute approximate surface area is 173 Å². The summed E-state index contributed by atoms with van der Waals surface area (Å²) in [5, 5.41) is 20.1. The quantitative estimate of drug-likeness (QED) is 0.217. The van der Waals surface area contributed by atoms with Gasteiger partial charge in [-0.05, 0) is 36.6 Å². The molecule has 0 fully saturated rings. The van der Waals surface area contributed by atoms with Gasteiger partial charge >= 0.3 is 0 Å². The third-order valence-corrected chi connectivity index (χ3v) is 5.57. The van der Waals surface area contributed by atoms with Crippen LogP contribution in [0.15, 0.2) is 60.3 Å². The maximum Gasteiger partial charge on any atom is 0.269 e. The molecule has 7 nitrogen and oxygen atoms in total. The summed E-state index contributed by atoms with van der Waals surface area (Å²) in [6, 6.07) is 12.5. The van der Waals surface area contributed by atoms with Crippen LogP contribution in [0.25, 0.3) is 0 Å². The topological polar surface area (TPSA) is 83.1 Å². The van der Waals surface area contributed by atoms with E-state index >= 15 is 0 Å². The van der Waals surface area contributed by atoms with Crippen molar-refractivity contribution in [3.8, 4) is 5.75 Å². The number of hydrogen-bond donors (Lipinski definition) is 0. The van der Waals surface area contributed by atoms with Gasteiger partial charge < -0.3 is 4.74 Å². The third kappa shape index (κ3) is 5.03. The molecule has 0 unspecified atom stereocenters. The van der Waals surface area contributed by atoms with E-state index in [1.165, 1.54) is 29.5 Å². The van der Waals surface area contributed by atoms with Crippen molar-refractivity contribution >= 4 is 17.4 Å². The van der Waals surface area contributed by atoms with Gasteiger partial charge in [-0.3, -0.25) is 14.7 Å². The highest BCUT2D eigenvalue weighted by Crippen LogP contribution is 2.25. The number of allylic oxidation sites excluding steroid dienone is 1. The number of nitro benzene ring substituents is 1. The summed E-state index contributed by atoms with van der Waals surface area (Å²) in [5.74, 6) is 2.18. The number of benzene rings is 2. The number of hydrogen-bond acceptors (Lipinski definition) is 6. The maximum atomic E-state index is 10.8. The van der Waals surface area contributed by atoms with E-state index in [1.807, 2.05) is 23.6 Å². The first-order valence-electron chi connectivity index (χ1n) is 9.07. The molecule has 0 N–H and O–H groups in total. The predicted octanol–water partition coefficient (Wildman–Crippen LogP) is 4.86. The molecule has 8 heteroatoms. The molecule has 29 heavy (non-hydrogen) atoms. The summed E-state index contributed by atoms with van der Waals surface area (Å²) in [7, 11) is 0. The minimum Gasteiger partial charge on any atom is -0.485 e. The second kappa shape index (κ2) is 9.38. The van der Waals surface area contributed by atoms with Gasteiger partial charge in [-0.2, -0.15) is 0 Å². The number of non-ortho nitro benzene ring substituents is 1. The zero-order valence-electron chi connectivity index (χ0n) is 16.4. The number of nitrogens with zero attached hydrogens (tertiary/aromatic N) is 4. The molecule has 0 spiro atoms. The average molecular weight is 410 g/mol. The molecule has 0 aliphatic rings. The molecule has 3 rings (SSSR count). The van der Waals surface area contributed by atoms with Crippen molar-refractivity contribution in [2.75, 3.05) is 0 Å². The summed E-state index contributed by atoms with van der Waals surface area (Å²) in [6.07, 6.45) is 1.79. The molecule has 0 radical (unpaired) electrons. The Balaban J connectivity index is 1.70. The summed E-state index contributed by atoms with van der Waals surface area (Å²) < 4.78 is 7.94. The first-order valence-corrected chi connectivity index (χ1v) is 10.1. The summed E-state index contributed by atoms with van der Waals surface area (Å²) >= 11 is 1.52. The van der Waals surface area contributed by atoms with Gasteiger partial charge in [-0.25, -0.2) is 0 Å². The number of rotatable bonds is 9. The number of aromatic nitrogens is 3. The number of thioether (sulfide) groups is 1. The van der Waals surface area contributed by atoms with E-state index in [2.05, 4.69) is 29.8 Å². The Kier molecular flexibility index (Phi) is 6.66. The van der Waals surface area contributed by atoms with Crippen molar-refractivity contribution in [2.24, 2.45) is 0 Å². The lowest BCUT2D eigenvalue weighted by atomic mass is 10.1. The molecule has 1 heterocycles. The molecule has 0 aliphatic carbocycles. The molecule has 0 amide bonds. The van der Waals surface area contributed by atoms with E-state index in [0.29, 0.717) is 18.9 Å². The first-order chi connectivity index (χ1) is 14.0. The number of ether oxygens (including phenoxy) is 1. The Bertz CT molecular complexity index is 1020. The van der Waals surface area contributed by atoms with Crippen LogP contribution < -0.4 is 4.74 Å². The van der Waals surface area contributed by atoms with Crippen LogP contribution in [-0.4, -0.2) is 19.7 Å². The molecule has 3 aromatic rings. The zero-order chi connectivity index (χ0) is 20.8. The summed E-state index contributed by atoms with van der Waals surface area (Å²) in [4.78, 5) is 10.4.